The second kappa shape index (κ2) is 4.58. The van der Waals surface area contributed by atoms with Crippen molar-refractivity contribution in [2.45, 2.75) is 18.5 Å². The van der Waals surface area contributed by atoms with Crippen molar-refractivity contribution in [3.05, 3.63) is 18.2 Å². The highest BCUT2D eigenvalue weighted by Gasteiger charge is 2.43. The van der Waals surface area contributed by atoms with Gasteiger partial charge in [0.15, 0.2) is 21.3 Å². The molecule has 9 heteroatoms. The highest BCUT2D eigenvalue weighted by Crippen LogP contribution is 2.42. The summed E-state index contributed by atoms with van der Waals surface area (Å²) in [6, 6.07) is 3.62. The number of rotatable bonds is 3. The molecular formula is C11H11F2NO5S. The molecule has 1 aliphatic rings. The molecule has 1 aromatic rings. The Labute approximate surface area is 113 Å². The Kier molecular flexibility index (Phi) is 3.32. The van der Waals surface area contributed by atoms with Gasteiger partial charge >= 0.3 is 6.29 Å². The molecule has 1 heterocycles. The lowest BCUT2D eigenvalue weighted by Gasteiger charge is -2.10. The number of anilines is 1. The Hall–Kier alpha value is -1.90. The minimum Gasteiger partial charge on any atom is -0.395 e. The molecule has 1 aromatic carbocycles. The highest BCUT2D eigenvalue weighted by molar-refractivity contribution is 7.92. The third kappa shape index (κ3) is 2.98. The molecule has 1 amide bonds. The molecule has 6 nitrogen and oxygen atoms in total. The van der Waals surface area contributed by atoms with E-state index in [9.17, 15) is 22.0 Å². The van der Waals surface area contributed by atoms with E-state index >= 15 is 0 Å². The van der Waals surface area contributed by atoms with Gasteiger partial charge in [-0.2, -0.15) is 0 Å². The Morgan fingerprint density at radius 3 is 2.50 bits per heavy atom. The molecule has 1 N–H and O–H groups in total. The number of carbonyl (C=O) groups excluding carboxylic acids is 1. The van der Waals surface area contributed by atoms with Crippen LogP contribution in [0.2, 0.25) is 0 Å². The minimum absolute atomic E-state index is 0.130. The van der Waals surface area contributed by atoms with Gasteiger partial charge in [0.1, 0.15) is 5.25 Å². The number of fused-ring (bicyclic) bond motifs is 1. The van der Waals surface area contributed by atoms with Crippen LogP contribution in [0.3, 0.4) is 0 Å². The molecule has 20 heavy (non-hydrogen) atoms. The van der Waals surface area contributed by atoms with Crippen molar-refractivity contribution < 1.29 is 31.5 Å². The van der Waals surface area contributed by atoms with Crippen LogP contribution < -0.4 is 14.8 Å². The Morgan fingerprint density at radius 2 is 1.90 bits per heavy atom. The van der Waals surface area contributed by atoms with E-state index in [1.807, 2.05) is 0 Å². The number of amides is 1. The summed E-state index contributed by atoms with van der Waals surface area (Å²) in [4.78, 5) is 11.7. The molecule has 0 bridgehead atoms. The van der Waals surface area contributed by atoms with E-state index in [0.29, 0.717) is 0 Å². The fraction of sp³-hybridized carbons (Fsp3) is 0.364. The Balaban J connectivity index is 2.16. The average Bonchev–Trinajstić information content (AvgIpc) is 2.59. The minimum atomic E-state index is -3.75. The van der Waals surface area contributed by atoms with Gasteiger partial charge in [-0.05, 0) is 19.1 Å². The highest BCUT2D eigenvalue weighted by atomic mass is 32.2. The van der Waals surface area contributed by atoms with Crippen LogP contribution in [0.5, 0.6) is 11.5 Å². The van der Waals surface area contributed by atoms with Gasteiger partial charge in [0.2, 0.25) is 5.91 Å². The first-order valence-electron chi connectivity index (χ1n) is 5.48. The molecule has 0 saturated carbocycles. The predicted molar refractivity (Wildman–Crippen MR) is 65.6 cm³/mol. The third-order valence-electron chi connectivity index (χ3n) is 2.68. The lowest BCUT2D eigenvalue weighted by atomic mass is 10.2. The van der Waals surface area contributed by atoms with Crippen LogP contribution in [-0.2, 0) is 14.6 Å². The molecule has 0 aliphatic carbocycles. The number of carbonyl (C=O) groups is 1. The maximum atomic E-state index is 12.8. The number of halogens is 2. The molecule has 2 rings (SSSR count). The number of sulfone groups is 1. The predicted octanol–water partition coefficient (Wildman–Crippen LogP) is 1.38. The monoisotopic (exact) mass is 307 g/mol. The zero-order valence-electron chi connectivity index (χ0n) is 10.5. The fourth-order valence-electron chi connectivity index (χ4n) is 1.47. The molecule has 1 aliphatic heterocycles. The summed E-state index contributed by atoms with van der Waals surface area (Å²) in [6.45, 7) is 1.23. The summed E-state index contributed by atoms with van der Waals surface area (Å²) in [5.74, 6) is -1.16. The molecule has 0 spiro atoms. The summed E-state index contributed by atoms with van der Waals surface area (Å²) in [6.07, 6.45) is -2.82. The van der Waals surface area contributed by atoms with Crippen molar-refractivity contribution in [1.29, 1.82) is 0 Å². The first-order valence-corrected chi connectivity index (χ1v) is 7.43. The number of hydrogen-bond donors (Lipinski definition) is 1. The van der Waals surface area contributed by atoms with Gasteiger partial charge in [0.05, 0.1) is 0 Å². The summed E-state index contributed by atoms with van der Waals surface area (Å²) in [5.41, 5.74) is 0.130. The van der Waals surface area contributed by atoms with Crippen LogP contribution in [0.1, 0.15) is 6.92 Å². The number of benzene rings is 1. The van der Waals surface area contributed by atoms with E-state index in [0.717, 1.165) is 12.3 Å². The lowest BCUT2D eigenvalue weighted by Crippen LogP contribution is -2.31. The van der Waals surface area contributed by atoms with Crippen LogP contribution in [0.25, 0.3) is 0 Å². The van der Waals surface area contributed by atoms with E-state index in [1.54, 1.807) is 0 Å². The second-order valence-corrected chi connectivity index (χ2v) is 6.66. The van der Waals surface area contributed by atoms with Crippen LogP contribution in [-0.4, -0.2) is 32.1 Å². The van der Waals surface area contributed by atoms with Crippen LogP contribution >= 0.6 is 0 Å². The first kappa shape index (κ1) is 14.5. The van der Waals surface area contributed by atoms with Crippen LogP contribution in [0.15, 0.2) is 18.2 Å². The summed E-state index contributed by atoms with van der Waals surface area (Å²) in [5, 5.41) is 1.05. The molecular weight excluding hydrogens is 296 g/mol. The zero-order valence-corrected chi connectivity index (χ0v) is 11.3. The summed E-state index contributed by atoms with van der Waals surface area (Å²) >= 11 is 0. The van der Waals surface area contributed by atoms with Crippen molar-refractivity contribution in [2.75, 3.05) is 11.6 Å². The Morgan fingerprint density at radius 1 is 1.30 bits per heavy atom. The van der Waals surface area contributed by atoms with Gasteiger partial charge in [-0.15, -0.1) is 8.78 Å². The van der Waals surface area contributed by atoms with Crippen LogP contribution in [0, 0.1) is 0 Å². The number of alkyl halides is 2. The molecule has 1 atom stereocenters. The van der Waals surface area contributed by atoms with E-state index < -0.39 is 27.3 Å². The maximum absolute atomic E-state index is 12.8. The smallest absolute Gasteiger partial charge is 0.395 e. The standard InChI is InChI=1S/C11H11F2NO5S/c1-6(20(2,16)17)10(15)14-7-3-4-8-9(5-7)19-11(12,13)18-8/h3-6H,1-2H3,(H,14,15). The first-order chi connectivity index (χ1) is 9.08. The van der Waals surface area contributed by atoms with Crippen molar-refractivity contribution >= 4 is 21.4 Å². The number of ether oxygens (including phenoxy) is 2. The second-order valence-electron chi connectivity index (χ2n) is 4.29. The van der Waals surface area contributed by atoms with Crippen molar-refractivity contribution in [3.63, 3.8) is 0 Å². The van der Waals surface area contributed by atoms with Crippen molar-refractivity contribution in [2.24, 2.45) is 0 Å². The van der Waals surface area contributed by atoms with Crippen molar-refractivity contribution in [3.8, 4) is 11.5 Å². The average molecular weight is 307 g/mol. The molecule has 0 aromatic heterocycles. The van der Waals surface area contributed by atoms with E-state index in [4.69, 9.17) is 0 Å². The topological polar surface area (TPSA) is 81.7 Å². The van der Waals surface area contributed by atoms with Gasteiger partial charge in [0.25, 0.3) is 0 Å². The molecule has 1 unspecified atom stereocenters. The third-order valence-corrected chi connectivity index (χ3v) is 4.18. The van der Waals surface area contributed by atoms with Crippen LogP contribution in [0.4, 0.5) is 14.5 Å². The molecule has 0 saturated heterocycles. The lowest BCUT2D eigenvalue weighted by molar-refractivity contribution is -0.286. The van der Waals surface area contributed by atoms with E-state index in [1.165, 1.54) is 19.1 Å². The van der Waals surface area contributed by atoms with E-state index in [-0.39, 0.29) is 17.2 Å². The largest absolute Gasteiger partial charge is 0.586 e. The molecule has 110 valence electrons. The van der Waals surface area contributed by atoms with Gasteiger partial charge < -0.3 is 14.8 Å². The van der Waals surface area contributed by atoms with Gasteiger partial charge in [-0.1, -0.05) is 0 Å². The van der Waals surface area contributed by atoms with Gasteiger partial charge in [-0.3, -0.25) is 4.79 Å². The maximum Gasteiger partial charge on any atom is 0.586 e. The van der Waals surface area contributed by atoms with Gasteiger partial charge in [0, 0.05) is 18.0 Å². The SMILES string of the molecule is CC(C(=O)Nc1ccc2c(c1)OC(F)(F)O2)S(C)(=O)=O. The Bertz CT molecular complexity index is 659. The number of hydrogen-bond acceptors (Lipinski definition) is 5. The van der Waals surface area contributed by atoms with Gasteiger partial charge in [-0.25, -0.2) is 8.42 Å². The summed E-state index contributed by atoms with van der Waals surface area (Å²) < 4.78 is 56.5. The van der Waals surface area contributed by atoms with E-state index in [2.05, 4.69) is 14.8 Å². The summed E-state index contributed by atoms with van der Waals surface area (Å²) in [7, 11) is -3.54. The quantitative estimate of drug-likeness (QED) is 0.912. The van der Waals surface area contributed by atoms with Crippen molar-refractivity contribution in [1.82, 2.24) is 0 Å². The molecule has 0 fully saturated rings. The number of nitrogens with one attached hydrogen (secondary N) is 1. The fourth-order valence-corrected chi connectivity index (χ4v) is 1.91. The molecule has 0 radical (unpaired) electrons. The zero-order chi connectivity index (χ0) is 15.1. The normalized spacial score (nSPS) is 17.6.